The fourth-order valence-electron chi connectivity index (χ4n) is 2.20. The van der Waals surface area contributed by atoms with Gasteiger partial charge in [0, 0.05) is 44.2 Å². The number of piperazine rings is 1. The average Bonchev–Trinajstić information content (AvgIpc) is 2.87. The van der Waals surface area contributed by atoms with Crippen molar-refractivity contribution in [1.29, 1.82) is 0 Å². The van der Waals surface area contributed by atoms with Gasteiger partial charge in [-0.25, -0.2) is 0 Å². The first kappa shape index (κ1) is 14.6. The van der Waals surface area contributed by atoms with Crippen molar-refractivity contribution in [2.24, 2.45) is 0 Å². The van der Waals surface area contributed by atoms with Crippen LogP contribution in [0.1, 0.15) is 43.9 Å². The van der Waals surface area contributed by atoms with Gasteiger partial charge < -0.3 is 9.80 Å². The van der Waals surface area contributed by atoms with Crippen LogP contribution in [-0.2, 0) is 10.2 Å². The molecule has 0 spiro atoms. The molecule has 0 atom stereocenters. The van der Waals surface area contributed by atoms with Gasteiger partial charge >= 0.3 is 0 Å². The number of hydrogen-bond acceptors (Lipinski definition) is 3. The highest BCUT2D eigenvalue weighted by molar-refractivity contribution is 5.92. The van der Waals surface area contributed by atoms with E-state index in [1.54, 1.807) is 16.7 Å². The lowest BCUT2D eigenvalue weighted by molar-refractivity contribution is -0.130. The minimum Gasteiger partial charge on any atom is -0.339 e. The molecule has 0 radical (unpaired) electrons. The Balaban J connectivity index is 2.02. The van der Waals surface area contributed by atoms with Crippen molar-refractivity contribution >= 4 is 11.8 Å². The molecular weight excluding hydrogens is 256 g/mol. The molecule has 6 nitrogen and oxygen atoms in total. The fraction of sp³-hybridized carbons (Fsp3) is 0.643. The van der Waals surface area contributed by atoms with Crippen LogP contribution in [0.2, 0.25) is 0 Å². The van der Waals surface area contributed by atoms with E-state index in [1.165, 1.54) is 0 Å². The first-order chi connectivity index (χ1) is 9.29. The van der Waals surface area contributed by atoms with E-state index >= 15 is 0 Å². The summed E-state index contributed by atoms with van der Waals surface area (Å²) in [7, 11) is 0. The minimum absolute atomic E-state index is 0.0567. The lowest BCUT2D eigenvalue weighted by Gasteiger charge is -2.33. The average molecular weight is 278 g/mol. The van der Waals surface area contributed by atoms with Gasteiger partial charge in [0.05, 0.1) is 0 Å². The SMILES string of the molecule is CC(=O)N1CCN(C(=O)c2cc(C(C)(C)C)[nH]n2)CC1. The van der Waals surface area contributed by atoms with Crippen molar-refractivity contribution in [2.75, 3.05) is 26.2 Å². The molecule has 2 rings (SSSR count). The van der Waals surface area contributed by atoms with Gasteiger partial charge in [-0.3, -0.25) is 14.7 Å². The van der Waals surface area contributed by atoms with Crippen molar-refractivity contribution in [1.82, 2.24) is 20.0 Å². The summed E-state index contributed by atoms with van der Waals surface area (Å²) < 4.78 is 0. The maximum Gasteiger partial charge on any atom is 0.274 e. The fourth-order valence-corrected chi connectivity index (χ4v) is 2.20. The lowest BCUT2D eigenvalue weighted by atomic mass is 9.92. The molecule has 0 unspecified atom stereocenters. The van der Waals surface area contributed by atoms with Crippen molar-refractivity contribution in [2.45, 2.75) is 33.1 Å². The standard InChI is InChI=1S/C14H22N4O2/c1-10(19)17-5-7-18(8-6-17)13(20)11-9-12(16-15-11)14(2,3)4/h9H,5-8H2,1-4H3,(H,15,16). The number of hydrogen-bond donors (Lipinski definition) is 1. The van der Waals surface area contributed by atoms with Crippen LogP contribution >= 0.6 is 0 Å². The van der Waals surface area contributed by atoms with Gasteiger partial charge in [-0.1, -0.05) is 20.8 Å². The van der Waals surface area contributed by atoms with Crippen LogP contribution in [-0.4, -0.2) is 58.0 Å². The minimum atomic E-state index is -0.0695. The number of nitrogens with zero attached hydrogens (tertiary/aromatic N) is 3. The number of nitrogens with one attached hydrogen (secondary N) is 1. The van der Waals surface area contributed by atoms with Gasteiger partial charge in [-0.15, -0.1) is 0 Å². The van der Waals surface area contributed by atoms with E-state index in [4.69, 9.17) is 0 Å². The van der Waals surface area contributed by atoms with E-state index in [0.717, 1.165) is 5.69 Å². The van der Waals surface area contributed by atoms with E-state index in [1.807, 2.05) is 6.07 Å². The molecule has 2 amide bonds. The van der Waals surface area contributed by atoms with Crippen LogP contribution < -0.4 is 0 Å². The quantitative estimate of drug-likeness (QED) is 0.833. The molecule has 6 heteroatoms. The van der Waals surface area contributed by atoms with Crippen molar-refractivity contribution in [3.05, 3.63) is 17.5 Å². The van der Waals surface area contributed by atoms with Crippen molar-refractivity contribution in [3.63, 3.8) is 0 Å². The third-order valence-electron chi connectivity index (χ3n) is 3.62. The third-order valence-corrected chi connectivity index (χ3v) is 3.62. The Morgan fingerprint density at radius 2 is 1.70 bits per heavy atom. The van der Waals surface area contributed by atoms with Crippen molar-refractivity contribution < 1.29 is 9.59 Å². The second kappa shape index (κ2) is 5.26. The van der Waals surface area contributed by atoms with Gasteiger partial charge in [0.2, 0.25) is 5.91 Å². The van der Waals surface area contributed by atoms with E-state index < -0.39 is 0 Å². The van der Waals surface area contributed by atoms with E-state index in [9.17, 15) is 9.59 Å². The second-order valence-electron chi connectivity index (χ2n) is 6.22. The number of amides is 2. The smallest absolute Gasteiger partial charge is 0.274 e. The molecule has 1 N–H and O–H groups in total. The molecule has 1 fully saturated rings. The zero-order valence-electron chi connectivity index (χ0n) is 12.6. The molecule has 0 bridgehead atoms. The zero-order chi connectivity index (χ0) is 14.9. The molecule has 110 valence electrons. The first-order valence-electron chi connectivity index (χ1n) is 6.89. The Bertz CT molecular complexity index is 507. The van der Waals surface area contributed by atoms with Crippen LogP contribution in [0.25, 0.3) is 0 Å². The molecule has 0 aromatic carbocycles. The van der Waals surface area contributed by atoms with Crippen molar-refractivity contribution in [3.8, 4) is 0 Å². The number of aromatic amines is 1. The Morgan fingerprint density at radius 1 is 1.15 bits per heavy atom. The lowest BCUT2D eigenvalue weighted by Crippen LogP contribution is -2.50. The predicted molar refractivity (Wildman–Crippen MR) is 75.4 cm³/mol. The van der Waals surface area contributed by atoms with Crippen LogP contribution in [0, 0.1) is 0 Å². The molecule has 1 aliphatic heterocycles. The van der Waals surface area contributed by atoms with Gasteiger partial charge in [0.1, 0.15) is 5.69 Å². The van der Waals surface area contributed by atoms with E-state index in [-0.39, 0.29) is 17.2 Å². The highest BCUT2D eigenvalue weighted by Gasteiger charge is 2.26. The largest absolute Gasteiger partial charge is 0.339 e. The maximum absolute atomic E-state index is 12.4. The van der Waals surface area contributed by atoms with Crippen LogP contribution in [0.15, 0.2) is 6.07 Å². The summed E-state index contributed by atoms with van der Waals surface area (Å²) in [5.41, 5.74) is 1.34. The summed E-state index contributed by atoms with van der Waals surface area (Å²) in [6, 6.07) is 1.82. The summed E-state index contributed by atoms with van der Waals surface area (Å²) in [6.45, 7) is 10.1. The van der Waals surface area contributed by atoms with Crippen LogP contribution in [0.3, 0.4) is 0 Å². The Kier molecular flexibility index (Phi) is 3.83. The number of carbonyl (C=O) groups is 2. The zero-order valence-corrected chi connectivity index (χ0v) is 12.6. The summed E-state index contributed by atoms with van der Waals surface area (Å²) in [5, 5.41) is 7.05. The van der Waals surface area contributed by atoms with E-state index in [2.05, 4.69) is 31.0 Å². The predicted octanol–water partition coefficient (Wildman–Crippen LogP) is 1.01. The highest BCUT2D eigenvalue weighted by atomic mass is 16.2. The summed E-state index contributed by atoms with van der Waals surface area (Å²) in [4.78, 5) is 27.1. The number of H-pyrrole nitrogens is 1. The Hall–Kier alpha value is -1.85. The second-order valence-corrected chi connectivity index (χ2v) is 6.22. The number of rotatable bonds is 1. The normalized spacial score (nSPS) is 16.4. The highest BCUT2D eigenvalue weighted by Crippen LogP contribution is 2.21. The Morgan fingerprint density at radius 3 is 2.15 bits per heavy atom. The topological polar surface area (TPSA) is 69.3 Å². The van der Waals surface area contributed by atoms with Gasteiger partial charge in [-0.2, -0.15) is 5.10 Å². The molecule has 1 aromatic heterocycles. The van der Waals surface area contributed by atoms with Gasteiger partial charge in [0.25, 0.3) is 5.91 Å². The summed E-state index contributed by atoms with van der Waals surface area (Å²) in [6.07, 6.45) is 0. The molecule has 1 aromatic rings. The first-order valence-corrected chi connectivity index (χ1v) is 6.89. The molecule has 0 saturated carbocycles. The number of aromatic nitrogens is 2. The maximum atomic E-state index is 12.4. The molecule has 20 heavy (non-hydrogen) atoms. The monoisotopic (exact) mass is 278 g/mol. The van der Waals surface area contributed by atoms with Gasteiger partial charge in [-0.05, 0) is 6.07 Å². The third kappa shape index (κ3) is 3.00. The molecule has 2 heterocycles. The van der Waals surface area contributed by atoms with Gasteiger partial charge in [0.15, 0.2) is 0 Å². The molecule has 0 aliphatic carbocycles. The molecule has 1 aliphatic rings. The number of carbonyl (C=O) groups excluding carboxylic acids is 2. The van der Waals surface area contributed by atoms with E-state index in [0.29, 0.717) is 31.9 Å². The summed E-state index contributed by atoms with van der Waals surface area (Å²) >= 11 is 0. The molecular formula is C14H22N4O2. The summed E-state index contributed by atoms with van der Waals surface area (Å²) in [5.74, 6) is -0.00756. The Labute approximate surface area is 119 Å². The molecule has 1 saturated heterocycles. The van der Waals surface area contributed by atoms with Crippen LogP contribution in [0.4, 0.5) is 0 Å². The van der Waals surface area contributed by atoms with Crippen LogP contribution in [0.5, 0.6) is 0 Å².